The van der Waals surface area contributed by atoms with Crippen LogP contribution in [0.1, 0.15) is 27.7 Å². The Morgan fingerprint density at radius 2 is 1.59 bits per heavy atom. The minimum Gasteiger partial charge on any atom is -0.337 e. The first kappa shape index (κ1) is 21.7. The largest absolute Gasteiger partial charge is 0.337 e. The van der Waals surface area contributed by atoms with Crippen molar-refractivity contribution >= 4 is 15.9 Å². The molecule has 1 fully saturated rings. The molecule has 0 N–H and O–H groups in total. The fraction of sp³-hybridized carbons (Fsp3) is 0.611. The second kappa shape index (κ2) is 8.62. The molecule has 6 nitrogen and oxygen atoms in total. The number of halogens is 2. The third-order valence-corrected chi connectivity index (χ3v) is 6.51. The van der Waals surface area contributed by atoms with Crippen LogP contribution in [0, 0.1) is 11.6 Å². The number of amides is 1. The summed E-state index contributed by atoms with van der Waals surface area (Å²) in [4.78, 5) is 16.0. The van der Waals surface area contributed by atoms with Crippen molar-refractivity contribution in [3.63, 3.8) is 0 Å². The molecule has 152 valence electrons. The van der Waals surface area contributed by atoms with Crippen LogP contribution in [-0.4, -0.2) is 73.2 Å². The van der Waals surface area contributed by atoms with Gasteiger partial charge in [0.15, 0.2) is 11.6 Å². The quantitative estimate of drug-likeness (QED) is 0.728. The predicted octanol–water partition coefficient (Wildman–Crippen LogP) is 1.92. The Bertz CT molecular complexity index is 768. The fourth-order valence-electron chi connectivity index (χ4n) is 3.36. The first-order valence-electron chi connectivity index (χ1n) is 9.02. The van der Waals surface area contributed by atoms with E-state index in [2.05, 4.69) is 0 Å². The summed E-state index contributed by atoms with van der Waals surface area (Å²) in [7, 11) is -3.89. The molecule has 1 aromatic carbocycles. The van der Waals surface area contributed by atoms with E-state index in [1.807, 2.05) is 37.5 Å². The highest BCUT2D eigenvalue weighted by Crippen LogP contribution is 2.20. The maximum absolute atomic E-state index is 13.4. The second-order valence-corrected chi connectivity index (χ2v) is 9.18. The molecule has 0 radical (unpaired) electrons. The highest BCUT2D eigenvalue weighted by Gasteiger charge is 2.31. The van der Waals surface area contributed by atoms with E-state index < -0.39 is 21.7 Å². The van der Waals surface area contributed by atoms with E-state index in [9.17, 15) is 22.0 Å². The zero-order valence-electron chi connectivity index (χ0n) is 16.2. The van der Waals surface area contributed by atoms with Crippen molar-refractivity contribution in [2.75, 3.05) is 32.7 Å². The molecule has 0 unspecified atom stereocenters. The average Bonchev–Trinajstić information content (AvgIpc) is 2.57. The maximum Gasteiger partial charge on any atom is 0.243 e. The predicted molar refractivity (Wildman–Crippen MR) is 98.7 cm³/mol. The van der Waals surface area contributed by atoms with Gasteiger partial charge in [-0.25, -0.2) is 17.2 Å². The van der Waals surface area contributed by atoms with Crippen LogP contribution in [-0.2, 0) is 14.8 Å². The smallest absolute Gasteiger partial charge is 0.243 e. The standard InChI is InChI=1S/C18H27F2N3O3S/c1-13(2)23(14(3)4)18(24)12-21-7-9-22(10-8-21)27(25,26)15-5-6-16(19)17(20)11-15/h5-6,11,13-14H,7-10,12H2,1-4H3. The molecule has 0 aromatic heterocycles. The van der Waals surface area contributed by atoms with E-state index >= 15 is 0 Å². The van der Waals surface area contributed by atoms with Gasteiger partial charge in [0.25, 0.3) is 0 Å². The van der Waals surface area contributed by atoms with Crippen LogP contribution >= 0.6 is 0 Å². The molecule has 0 spiro atoms. The second-order valence-electron chi connectivity index (χ2n) is 7.24. The van der Waals surface area contributed by atoms with E-state index in [-0.39, 0.29) is 42.5 Å². The number of rotatable bonds is 6. The molecule has 1 saturated heterocycles. The molecule has 1 amide bonds. The van der Waals surface area contributed by atoms with Gasteiger partial charge in [0.05, 0.1) is 11.4 Å². The highest BCUT2D eigenvalue weighted by atomic mass is 32.2. The zero-order valence-corrected chi connectivity index (χ0v) is 17.0. The van der Waals surface area contributed by atoms with Crippen molar-refractivity contribution in [1.29, 1.82) is 0 Å². The Labute approximate surface area is 159 Å². The molecular weight excluding hydrogens is 376 g/mol. The monoisotopic (exact) mass is 403 g/mol. The molecule has 1 aliphatic rings. The van der Waals surface area contributed by atoms with Gasteiger partial charge in [-0.2, -0.15) is 4.31 Å². The average molecular weight is 403 g/mol. The van der Waals surface area contributed by atoms with E-state index in [0.717, 1.165) is 12.1 Å². The molecule has 0 atom stereocenters. The first-order valence-corrected chi connectivity index (χ1v) is 10.5. The summed E-state index contributed by atoms with van der Waals surface area (Å²) in [6.45, 7) is 9.27. The SMILES string of the molecule is CC(C)N(C(=O)CN1CCN(S(=O)(=O)c2ccc(F)c(F)c2)CC1)C(C)C. The van der Waals surface area contributed by atoms with Crippen molar-refractivity contribution in [1.82, 2.24) is 14.1 Å². The minimum absolute atomic E-state index is 0.0110. The van der Waals surface area contributed by atoms with Gasteiger partial charge in [-0.15, -0.1) is 0 Å². The van der Waals surface area contributed by atoms with Gasteiger partial charge in [-0.05, 0) is 45.9 Å². The lowest BCUT2D eigenvalue weighted by atomic mass is 10.2. The van der Waals surface area contributed by atoms with Gasteiger partial charge in [-0.3, -0.25) is 9.69 Å². The van der Waals surface area contributed by atoms with Gasteiger partial charge in [0.2, 0.25) is 15.9 Å². The summed E-state index contributed by atoms with van der Waals surface area (Å²) in [5.74, 6) is -2.27. The zero-order chi connectivity index (χ0) is 20.4. The topological polar surface area (TPSA) is 60.9 Å². The maximum atomic E-state index is 13.4. The summed E-state index contributed by atoms with van der Waals surface area (Å²) in [6, 6.07) is 2.75. The van der Waals surface area contributed by atoms with E-state index in [1.165, 1.54) is 4.31 Å². The van der Waals surface area contributed by atoms with Gasteiger partial charge in [0, 0.05) is 38.3 Å². The van der Waals surface area contributed by atoms with Crippen molar-refractivity contribution in [3.8, 4) is 0 Å². The lowest BCUT2D eigenvalue weighted by Gasteiger charge is -2.36. The summed E-state index contributed by atoms with van der Waals surface area (Å²) in [6.07, 6.45) is 0. The molecule has 1 aromatic rings. The summed E-state index contributed by atoms with van der Waals surface area (Å²) in [5, 5.41) is 0. The molecule has 0 aliphatic carbocycles. The molecule has 2 rings (SSSR count). The first-order chi connectivity index (χ1) is 12.5. The van der Waals surface area contributed by atoms with Crippen molar-refractivity contribution in [3.05, 3.63) is 29.8 Å². The van der Waals surface area contributed by atoms with Crippen LogP contribution in [0.4, 0.5) is 8.78 Å². The van der Waals surface area contributed by atoms with E-state index in [0.29, 0.717) is 19.2 Å². The van der Waals surface area contributed by atoms with Crippen LogP contribution in [0.25, 0.3) is 0 Å². The summed E-state index contributed by atoms with van der Waals surface area (Å²) in [5.41, 5.74) is 0. The van der Waals surface area contributed by atoms with Crippen LogP contribution in [0.15, 0.2) is 23.1 Å². The van der Waals surface area contributed by atoms with Crippen molar-refractivity contribution in [2.45, 2.75) is 44.7 Å². The normalized spacial score (nSPS) is 16.9. The minimum atomic E-state index is -3.89. The number of hydrogen-bond donors (Lipinski definition) is 0. The molecule has 9 heteroatoms. The number of sulfonamides is 1. The van der Waals surface area contributed by atoms with E-state index in [4.69, 9.17) is 0 Å². The Morgan fingerprint density at radius 1 is 1.04 bits per heavy atom. The number of carbonyl (C=O) groups excluding carboxylic acids is 1. The number of carbonyl (C=O) groups is 1. The highest BCUT2D eigenvalue weighted by molar-refractivity contribution is 7.89. The van der Waals surface area contributed by atoms with Crippen LogP contribution in [0.2, 0.25) is 0 Å². The van der Waals surface area contributed by atoms with Gasteiger partial charge in [-0.1, -0.05) is 0 Å². The number of benzene rings is 1. The molecule has 27 heavy (non-hydrogen) atoms. The molecule has 0 saturated carbocycles. The molecular formula is C18H27F2N3O3S. The van der Waals surface area contributed by atoms with Crippen molar-refractivity contribution in [2.24, 2.45) is 0 Å². The third kappa shape index (κ3) is 5.03. The number of hydrogen-bond acceptors (Lipinski definition) is 4. The Balaban J connectivity index is 2.00. The molecule has 1 aliphatic heterocycles. The Morgan fingerprint density at radius 3 is 2.07 bits per heavy atom. The van der Waals surface area contributed by atoms with E-state index in [1.54, 1.807) is 0 Å². The third-order valence-electron chi connectivity index (χ3n) is 4.62. The van der Waals surface area contributed by atoms with Gasteiger partial charge >= 0.3 is 0 Å². The van der Waals surface area contributed by atoms with Crippen LogP contribution < -0.4 is 0 Å². The lowest BCUT2D eigenvalue weighted by Crippen LogP contribution is -2.53. The number of nitrogens with zero attached hydrogens (tertiary/aromatic N) is 3. The van der Waals surface area contributed by atoms with Crippen LogP contribution in [0.3, 0.4) is 0 Å². The number of piperazine rings is 1. The summed E-state index contributed by atoms with van der Waals surface area (Å²) >= 11 is 0. The van der Waals surface area contributed by atoms with Gasteiger partial charge in [0.1, 0.15) is 0 Å². The van der Waals surface area contributed by atoms with Gasteiger partial charge < -0.3 is 4.90 Å². The van der Waals surface area contributed by atoms with Crippen molar-refractivity contribution < 1.29 is 22.0 Å². The fourth-order valence-corrected chi connectivity index (χ4v) is 4.79. The molecule has 0 bridgehead atoms. The Hall–Kier alpha value is -1.58. The summed E-state index contributed by atoms with van der Waals surface area (Å²) < 4.78 is 52.9. The van der Waals surface area contributed by atoms with Crippen LogP contribution in [0.5, 0.6) is 0 Å². The molecule has 1 heterocycles. The Kier molecular flexibility index (Phi) is 6.93. The lowest BCUT2D eigenvalue weighted by molar-refractivity contribution is -0.136.